The average molecular weight is 252 g/mol. The van der Waals surface area contributed by atoms with Gasteiger partial charge < -0.3 is 10.1 Å². The van der Waals surface area contributed by atoms with Crippen molar-refractivity contribution in [1.29, 1.82) is 0 Å². The van der Waals surface area contributed by atoms with Crippen LogP contribution in [0.15, 0.2) is 11.8 Å². The number of nitrogens with zero attached hydrogens (tertiary/aromatic N) is 1. The zero-order valence-corrected chi connectivity index (χ0v) is 11.5. The lowest BCUT2D eigenvalue weighted by atomic mass is 10.0. The Balaban J connectivity index is 1.78. The van der Waals surface area contributed by atoms with Gasteiger partial charge in [0.1, 0.15) is 0 Å². The molecule has 1 N–H and O–H groups in total. The van der Waals surface area contributed by atoms with E-state index in [2.05, 4.69) is 30.1 Å². The van der Waals surface area contributed by atoms with Crippen LogP contribution in [0.4, 0.5) is 0 Å². The molecule has 18 heavy (non-hydrogen) atoms. The number of amides is 1. The van der Waals surface area contributed by atoms with Crippen molar-refractivity contribution < 1.29 is 9.53 Å². The van der Waals surface area contributed by atoms with Crippen LogP contribution in [0.25, 0.3) is 0 Å². The van der Waals surface area contributed by atoms with Crippen LogP contribution >= 0.6 is 0 Å². The van der Waals surface area contributed by atoms with Gasteiger partial charge >= 0.3 is 0 Å². The molecule has 4 heteroatoms. The summed E-state index contributed by atoms with van der Waals surface area (Å²) in [6.07, 6.45) is 6.71. The van der Waals surface area contributed by atoms with E-state index in [1.165, 1.54) is 12.8 Å². The molecule has 1 aliphatic carbocycles. The summed E-state index contributed by atoms with van der Waals surface area (Å²) in [5, 5.41) is 3.03. The molecular formula is C14H24N2O2. The summed E-state index contributed by atoms with van der Waals surface area (Å²) in [6, 6.07) is 0. The van der Waals surface area contributed by atoms with Crippen LogP contribution in [0, 0.1) is 0 Å². The maximum atomic E-state index is 12.0. The van der Waals surface area contributed by atoms with Crippen LogP contribution in [0.5, 0.6) is 0 Å². The van der Waals surface area contributed by atoms with Crippen molar-refractivity contribution in [3.63, 3.8) is 0 Å². The highest BCUT2D eigenvalue weighted by Crippen LogP contribution is 2.17. The van der Waals surface area contributed by atoms with Gasteiger partial charge in [0.05, 0.1) is 18.8 Å². The summed E-state index contributed by atoms with van der Waals surface area (Å²) in [5.41, 5.74) is 0.974. The summed E-state index contributed by atoms with van der Waals surface area (Å²) >= 11 is 0. The Morgan fingerprint density at radius 1 is 1.50 bits per heavy atom. The van der Waals surface area contributed by atoms with Crippen LogP contribution in [0.2, 0.25) is 0 Å². The molecule has 1 heterocycles. The van der Waals surface area contributed by atoms with Crippen LogP contribution < -0.4 is 5.32 Å². The molecule has 0 aromatic rings. The molecule has 2 rings (SSSR count). The van der Waals surface area contributed by atoms with Crippen LogP contribution in [0.1, 0.15) is 39.5 Å². The molecule has 4 nitrogen and oxygen atoms in total. The second-order valence-corrected chi connectivity index (χ2v) is 5.84. The lowest BCUT2D eigenvalue weighted by Crippen LogP contribution is -2.51. The Bertz CT molecular complexity index is 337. The summed E-state index contributed by atoms with van der Waals surface area (Å²) in [5.74, 6) is 0.112. The summed E-state index contributed by atoms with van der Waals surface area (Å²) in [6.45, 7) is 6.99. The number of ether oxygens (including phenoxy) is 1. The fraction of sp³-hybridized carbons (Fsp3) is 0.786. The normalized spacial score (nSPS) is 24.4. The van der Waals surface area contributed by atoms with E-state index < -0.39 is 0 Å². The second-order valence-electron chi connectivity index (χ2n) is 5.84. The van der Waals surface area contributed by atoms with Crippen molar-refractivity contribution in [3.8, 4) is 0 Å². The lowest BCUT2D eigenvalue weighted by Gasteiger charge is -2.37. The zero-order chi connectivity index (χ0) is 13.0. The smallest absolute Gasteiger partial charge is 0.238 e. The van der Waals surface area contributed by atoms with E-state index in [9.17, 15) is 4.79 Å². The van der Waals surface area contributed by atoms with Gasteiger partial charge in [0, 0.05) is 18.8 Å². The second kappa shape index (κ2) is 5.85. The predicted octanol–water partition coefficient (Wildman–Crippen LogP) is 1.67. The molecule has 0 spiro atoms. The first kappa shape index (κ1) is 13.6. The van der Waals surface area contributed by atoms with Gasteiger partial charge in [-0.15, -0.1) is 0 Å². The summed E-state index contributed by atoms with van der Waals surface area (Å²) in [4.78, 5) is 14.1. The Hall–Kier alpha value is -0.870. The van der Waals surface area contributed by atoms with Crippen LogP contribution in [0.3, 0.4) is 0 Å². The molecule has 2 aliphatic rings. The molecule has 1 saturated heterocycles. The third-order valence-electron chi connectivity index (χ3n) is 3.46. The monoisotopic (exact) mass is 252 g/mol. The number of nitrogens with one attached hydrogen (secondary N) is 1. The zero-order valence-electron chi connectivity index (χ0n) is 11.5. The van der Waals surface area contributed by atoms with Crippen molar-refractivity contribution in [2.75, 3.05) is 26.2 Å². The summed E-state index contributed by atoms with van der Waals surface area (Å²) in [7, 11) is 0. The minimum absolute atomic E-state index is 0.112. The third kappa shape index (κ3) is 4.10. The molecule has 1 aliphatic heterocycles. The standard InChI is InChI=1S/C14H24N2O2/c1-14(2)11-16(8-9-18-14)10-13(17)15-12-6-4-3-5-7-12/h6H,3-5,7-11H2,1-2H3,(H,15,17). The molecule has 0 aromatic heterocycles. The fourth-order valence-electron chi connectivity index (χ4n) is 2.62. The molecule has 0 bridgehead atoms. The molecule has 1 fully saturated rings. The Kier molecular flexibility index (Phi) is 4.40. The van der Waals surface area contributed by atoms with E-state index in [1.807, 2.05) is 0 Å². The number of carbonyl (C=O) groups is 1. The highest BCUT2D eigenvalue weighted by atomic mass is 16.5. The Morgan fingerprint density at radius 3 is 3.00 bits per heavy atom. The van der Waals surface area contributed by atoms with Gasteiger partial charge in [0.15, 0.2) is 0 Å². The molecule has 0 unspecified atom stereocenters. The van der Waals surface area contributed by atoms with Gasteiger partial charge in [-0.25, -0.2) is 0 Å². The van der Waals surface area contributed by atoms with Crippen molar-refractivity contribution in [2.45, 2.75) is 45.1 Å². The maximum Gasteiger partial charge on any atom is 0.238 e. The van der Waals surface area contributed by atoms with E-state index in [0.29, 0.717) is 13.2 Å². The Labute approximate surface area is 109 Å². The summed E-state index contributed by atoms with van der Waals surface area (Å²) < 4.78 is 5.64. The number of hydrogen-bond acceptors (Lipinski definition) is 3. The maximum absolute atomic E-state index is 12.0. The van der Waals surface area contributed by atoms with Crippen molar-refractivity contribution in [3.05, 3.63) is 11.8 Å². The van der Waals surface area contributed by atoms with Gasteiger partial charge in [-0.05, 0) is 39.5 Å². The van der Waals surface area contributed by atoms with Crippen molar-refractivity contribution in [2.24, 2.45) is 0 Å². The number of rotatable bonds is 3. The first-order valence-corrected chi connectivity index (χ1v) is 6.90. The largest absolute Gasteiger partial charge is 0.373 e. The van der Waals surface area contributed by atoms with Crippen LogP contribution in [-0.2, 0) is 9.53 Å². The molecule has 102 valence electrons. The van der Waals surface area contributed by atoms with Gasteiger partial charge in [-0.1, -0.05) is 6.08 Å². The quantitative estimate of drug-likeness (QED) is 0.831. The molecular weight excluding hydrogens is 228 g/mol. The molecule has 1 amide bonds. The van der Waals surface area contributed by atoms with E-state index in [0.717, 1.165) is 31.6 Å². The highest BCUT2D eigenvalue weighted by molar-refractivity contribution is 5.79. The van der Waals surface area contributed by atoms with Gasteiger partial charge in [-0.2, -0.15) is 0 Å². The van der Waals surface area contributed by atoms with E-state index in [4.69, 9.17) is 4.74 Å². The molecule has 0 saturated carbocycles. The number of allylic oxidation sites excluding steroid dienone is 2. The fourth-order valence-corrected chi connectivity index (χ4v) is 2.62. The topological polar surface area (TPSA) is 41.6 Å². The highest BCUT2D eigenvalue weighted by Gasteiger charge is 2.28. The minimum atomic E-state index is -0.136. The predicted molar refractivity (Wildman–Crippen MR) is 71.2 cm³/mol. The Morgan fingerprint density at radius 2 is 2.33 bits per heavy atom. The van der Waals surface area contributed by atoms with E-state index in [1.54, 1.807) is 0 Å². The molecule has 0 aromatic carbocycles. The van der Waals surface area contributed by atoms with Crippen molar-refractivity contribution in [1.82, 2.24) is 10.2 Å². The van der Waals surface area contributed by atoms with Gasteiger partial charge in [-0.3, -0.25) is 9.69 Å². The van der Waals surface area contributed by atoms with Crippen LogP contribution in [-0.4, -0.2) is 42.6 Å². The number of carbonyl (C=O) groups excluding carboxylic acids is 1. The number of morpholine rings is 1. The van der Waals surface area contributed by atoms with Gasteiger partial charge in [0.25, 0.3) is 0 Å². The lowest BCUT2D eigenvalue weighted by molar-refractivity contribution is -0.126. The van der Waals surface area contributed by atoms with Gasteiger partial charge in [0.2, 0.25) is 5.91 Å². The first-order chi connectivity index (χ1) is 8.55. The SMILES string of the molecule is CC1(C)CN(CC(=O)NC2=CCCCC2)CCO1. The van der Waals surface area contributed by atoms with E-state index >= 15 is 0 Å². The van der Waals surface area contributed by atoms with Crippen molar-refractivity contribution >= 4 is 5.91 Å². The molecule has 0 atom stereocenters. The van der Waals surface area contributed by atoms with E-state index in [-0.39, 0.29) is 11.5 Å². The first-order valence-electron chi connectivity index (χ1n) is 6.90. The minimum Gasteiger partial charge on any atom is -0.373 e. The number of hydrogen-bond donors (Lipinski definition) is 1. The molecule has 0 radical (unpaired) electrons. The average Bonchev–Trinajstić information content (AvgIpc) is 2.28. The third-order valence-corrected chi connectivity index (χ3v) is 3.46.